The van der Waals surface area contributed by atoms with Crippen LogP contribution in [-0.4, -0.2) is 33.6 Å². The lowest BCUT2D eigenvalue weighted by molar-refractivity contribution is 0.634. The molecule has 17 heavy (non-hydrogen) atoms. The Morgan fingerprint density at radius 2 is 2.24 bits per heavy atom. The van der Waals surface area contributed by atoms with Crippen LogP contribution in [-0.2, 0) is 0 Å². The summed E-state index contributed by atoms with van der Waals surface area (Å²) in [5.74, 6) is 7.98. The van der Waals surface area contributed by atoms with E-state index in [2.05, 4.69) is 34.1 Å². The molecule has 0 aromatic carbocycles. The molecule has 1 fully saturated rings. The van der Waals surface area contributed by atoms with Crippen molar-refractivity contribution in [1.82, 2.24) is 9.97 Å². The molecule has 94 valence electrons. The highest BCUT2D eigenvalue weighted by molar-refractivity contribution is 8.00. The van der Waals surface area contributed by atoms with Crippen molar-refractivity contribution >= 4 is 23.4 Å². The van der Waals surface area contributed by atoms with Crippen molar-refractivity contribution in [2.45, 2.75) is 25.0 Å². The molecule has 2 heterocycles. The van der Waals surface area contributed by atoms with Gasteiger partial charge in [0.25, 0.3) is 0 Å². The number of hydrogen-bond acceptors (Lipinski definition) is 6. The van der Waals surface area contributed by atoms with Crippen LogP contribution in [0.5, 0.6) is 0 Å². The second-order valence-corrected chi connectivity index (χ2v) is 6.55. The minimum Gasteiger partial charge on any atom is -0.354 e. The summed E-state index contributed by atoms with van der Waals surface area (Å²) in [6.45, 7) is 6.62. The van der Waals surface area contributed by atoms with Crippen molar-refractivity contribution in [2.24, 2.45) is 5.84 Å². The fourth-order valence-electron chi connectivity index (χ4n) is 1.83. The number of hydrazine groups is 1. The summed E-state index contributed by atoms with van der Waals surface area (Å²) in [4.78, 5) is 10.8. The second kappa shape index (κ2) is 5.10. The normalized spacial score (nSPS) is 19.8. The Bertz CT molecular complexity index is 382. The molecular weight excluding hydrogens is 234 g/mol. The Hall–Kier alpha value is -1.01. The minimum absolute atomic E-state index is 0.353. The molecular formula is C11H19N5S. The van der Waals surface area contributed by atoms with Crippen molar-refractivity contribution in [3.8, 4) is 0 Å². The molecule has 0 unspecified atom stereocenters. The van der Waals surface area contributed by atoms with Gasteiger partial charge in [-0.25, -0.2) is 10.8 Å². The Balaban J connectivity index is 2.11. The third kappa shape index (κ3) is 3.23. The minimum atomic E-state index is 0.353. The first-order valence-corrected chi connectivity index (χ1v) is 6.77. The van der Waals surface area contributed by atoms with Crippen molar-refractivity contribution in [2.75, 3.05) is 29.2 Å². The molecule has 3 N–H and O–H groups in total. The van der Waals surface area contributed by atoms with E-state index in [9.17, 15) is 0 Å². The topological polar surface area (TPSA) is 67.1 Å². The van der Waals surface area contributed by atoms with Crippen molar-refractivity contribution in [3.05, 3.63) is 12.4 Å². The molecule has 0 radical (unpaired) electrons. The maximum atomic E-state index is 5.35. The van der Waals surface area contributed by atoms with Gasteiger partial charge in [-0.2, -0.15) is 11.8 Å². The third-order valence-electron chi connectivity index (χ3n) is 2.93. The maximum Gasteiger partial charge on any atom is 0.160 e. The van der Waals surface area contributed by atoms with E-state index >= 15 is 0 Å². The van der Waals surface area contributed by atoms with Crippen molar-refractivity contribution in [3.63, 3.8) is 0 Å². The molecule has 1 aromatic rings. The van der Waals surface area contributed by atoms with Gasteiger partial charge in [0.15, 0.2) is 5.82 Å². The number of nitrogen functional groups attached to an aromatic ring is 1. The molecule has 0 atom stereocenters. The zero-order chi connectivity index (χ0) is 12.3. The molecule has 1 aliphatic heterocycles. The second-order valence-electron chi connectivity index (χ2n) is 4.75. The highest BCUT2D eigenvalue weighted by Crippen LogP contribution is 2.31. The summed E-state index contributed by atoms with van der Waals surface area (Å²) in [5, 5.41) is 0. The van der Waals surface area contributed by atoms with Gasteiger partial charge in [-0.15, -0.1) is 0 Å². The summed E-state index contributed by atoms with van der Waals surface area (Å²) in [6, 6.07) is 0. The fraction of sp³-hybridized carbons (Fsp3) is 0.636. The van der Waals surface area contributed by atoms with E-state index in [1.807, 2.05) is 11.8 Å². The molecule has 1 saturated heterocycles. The van der Waals surface area contributed by atoms with Crippen LogP contribution in [0.4, 0.5) is 11.6 Å². The zero-order valence-electron chi connectivity index (χ0n) is 10.3. The summed E-state index contributed by atoms with van der Waals surface area (Å²) in [7, 11) is 0. The lowest BCUT2D eigenvalue weighted by atomic mass is 10.1. The molecule has 0 bridgehead atoms. The summed E-state index contributed by atoms with van der Waals surface area (Å²) in [6.07, 6.45) is 4.57. The number of nitrogens with two attached hydrogens (primary N) is 1. The lowest BCUT2D eigenvalue weighted by Gasteiger charge is -2.23. The van der Waals surface area contributed by atoms with Gasteiger partial charge in [0.2, 0.25) is 0 Å². The number of nitrogens with one attached hydrogen (secondary N) is 1. The SMILES string of the molecule is CC1(C)CCN(c2cncc(NN)n2)CCS1. The Labute approximate surface area is 106 Å². The number of hydrogen-bond donors (Lipinski definition) is 2. The Morgan fingerprint density at radius 1 is 1.41 bits per heavy atom. The van der Waals surface area contributed by atoms with Crippen LogP contribution in [0, 0.1) is 0 Å². The quantitative estimate of drug-likeness (QED) is 0.615. The molecule has 1 aromatic heterocycles. The van der Waals surface area contributed by atoms with Crippen molar-refractivity contribution in [1.29, 1.82) is 0 Å². The van der Waals surface area contributed by atoms with E-state index in [4.69, 9.17) is 5.84 Å². The number of thioether (sulfide) groups is 1. The molecule has 0 spiro atoms. The summed E-state index contributed by atoms with van der Waals surface area (Å²) in [5.41, 5.74) is 2.53. The first kappa shape index (κ1) is 12.4. The first-order chi connectivity index (χ1) is 8.11. The summed E-state index contributed by atoms with van der Waals surface area (Å²) < 4.78 is 0.353. The van der Waals surface area contributed by atoms with Crippen LogP contribution in [0.2, 0.25) is 0 Å². The lowest BCUT2D eigenvalue weighted by Crippen LogP contribution is -2.28. The number of nitrogens with zero attached hydrogens (tertiary/aromatic N) is 3. The van der Waals surface area contributed by atoms with Gasteiger partial charge >= 0.3 is 0 Å². The number of rotatable bonds is 2. The van der Waals surface area contributed by atoms with Crippen LogP contribution in [0.1, 0.15) is 20.3 Å². The van der Waals surface area contributed by atoms with E-state index in [1.165, 1.54) is 0 Å². The number of anilines is 2. The smallest absolute Gasteiger partial charge is 0.160 e. The monoisotopic (exact) mass is 253 g/mol. The molecule has 1 aliphatic rings. The average molecular weight is 253 g/mol. The van der Waals surface area contributed by atoms with E-state index in [0.717, 1.165) is 31.1 Å². The Kier molecular flexibility index (Phi) is 3.73. The van der Waals surface area contributed by atoms with Crippen LogP contribution < -0.4 is 16.2 Å². The largest absolute Gasteiger partial charge is 0.354 e. The maximum absolute atomic E-state index is 5.35. The first-order valence-electron chi connectivity index (χ1n) is 5.78. The third-order valence-corrected chi connectivity index (χ3v) is 4.30. The molecule has 2 rings (SSSR count). The highest BCUT2D eigenvalue weighted by Gasteiger charge is 2.24. The zero-order valence-corrected chi connectivity index (χ0v) is 11.1. The van der Waals surface area contributed by atoms with Gasteiger partial charge in [-0.1, -0.05) is 13.8 Å². The summed E-state index contributed by atoms with van der Waals surface area (Å²) >= 11 is 2.02. The Morgan fingerprint density at radius 3 is 3.00 bits per heavy atom. The van der Waals surface area contributed by atoms with Gasteiger partial charge in [0, 0.05) is 23.6 Å². The highest BCUT2D eigenvalue weighted by atomic mass is 32.2. The standard InChI is InChI=1S/C11H19N5S/c1-11(2)3-4-16(5-6-17-11)10-8-13-7-9(14-10)15-12/h7-8H,3-6,12H2,1-2H3,(H,14,15). The predicted molar refractivity (Wildman–Crippen MR) is 73.2 cm³/mol. The van der Waals surface area contributed by atoms with Crippen LogP contribution >= 0.6 is 11.8 Å². The van der Waals surface area contributed by atoms with Gasteiger partial charge in [-0.3, -0.25) is 4.98 Å². The molecule has 0 amide bonds. The van der Waals surface area contributed by atoms with E-state index in [-0.39, 0.29) is 0 Å². The van der Waals surface area contributed by atoms with Gasteiger partial charge < -0.3 is 10.3 Å². The van der Waals surface area contributed by atoms with E-state index in [0.29, 0.717) is 10.6 Å². The molecule has 0 saturated carbocycles. The van der Waals surface area contributed by atoms with E-state index < -0.39 is 0 Å². The molecule has 5 nitrogen and oxygen atoms in total. The average Bonchev–Trinajstić information content (AvgIpc) is 2.50. The van der Waals surface area contributed by atoms with Gasteiger partial charge in [-0.05, 0) is 6.42 Å². The fourth-order valence-corrected chi connectivity index (χ4v) is 2.93. The van der Waals surface area contributed by atoms with Crippen molar-refractivity contribution < 1.29 is 0 Å². The van der Waals surface area contributed by atoms with E-state index in [1.54, 1.807) is 12.4 Å². The van der Waals surface area contributed by atoms with Gasteiger partial charge in [0.05, 0.1) is 12.4 Å². The van der Waals surface area contributed by atoms with Crippen LogP contribution in [0.25, 0.3) is 0 Å². The molecule has 0 aliphatic carbocycles. The van der Waals surface area contributed by atoms with Crippen LogP contribution in [0.3, 0.4) is 0 Å². The predicted octanol–water partition coefficient (Wildman–Crippen LogP) is 1.48. The number of aromatic nitrogens is 2. The molecule has 6 heteroatoms. The van der Waals surface area contributed by atoms with Crippen LogP contribution in [0.15, 0.2) is 12.4 Å². The van der Waals surface area contributed by atoms with Gasteiger partial charge in [0.1, 0.15) is 5.82 Å².